The number of nitriles is 1. The molecule has 4 nitrogen and oxygen atoms in total. The fourth-order valence-electron chi connectivity index (χ4n) is 1.99. The molecule has 1 aliphatic rings. The number of aromatic nitrogens is 1. The summed E-state index contributed by atoms with van der Waals surface area (Å²) in [6.45, 7) is 0. The molecular formula is C14H10BrN3O. The van der Waals surface area contributed by atoms with Gasteiger partial charge in [-0.1, -0.05) is 12.1 Å². The number of benzene rings is 1. The van der Waals surface area contributed by atoms with Crippen molar-refractivity contribution in [3.05, 3.63) is 34.9 Å². The van der Waals surface area contributed by atoms with Crippen LogP contribution in [0.2, 0.25) is 0 Å². The van der Waals surface area contributed by atoms with Gasteiger partial charge in [-0.3, -0.25) is 9.78 Å². The minimum Gasteiger partial charge on any atom is -0.323 e. The maximum absolute atomic E-state index is 12.1. The highest BCUT2D eigenvalue weighted by atomic mass is 79.9. The van der Waals surface area contributed by atoms with Gasteiger partial charge < -0.3 is 5.32 Å². The van der Waals surface area contributed by atoms with Crippen LogP contribution >= 0.6 is 15.9 Å². The van der Waals surface area contributed by atoms with E-state index < -0.39 is 5.41 Å². The Kier molecular flexibility index (Phi) is 2.76. The van der Waals surface area contributed by atoms with E-state index in [1.165, 1.54) is 0 Å². The van der Waals surface area contributed by atoms with Crippen LogP contribution < -0.4 is 5.32 Å². The number of anilines is 1. The number of nitrogens with one attached hydrogen (secondary N) is 1. The number of hydrogen-bond donors (Lipinski definition) is 1. The zero-order valence-corrected chi connectivity index (χ0v) is 11.6. The van der Waals surface area contributed by atoms with E-state index in [1.807, 2.05) is 18.2 Å². The van der Waals surface area contributed by atoms with Crippen LogP contribution in [0.5, 0.6) is 0 Å². The average Bonchev–Trinajstić information content (AvgIpc) is 3.19. The van der Waals surface area contributed by atoms with Crippen LogP contribution in [0.3, 0.4) is 0 Å². The Hall–Kier alpha value is -1.93. The van der Waals surface area contributed by atoms with Gasteiger partial charge in [-0.2, -0.15) is 5.26 Å². The molecule has 0 saturated heterocycles. The lowest BCUT2D eigenvalue weighted by molar-refractivity contribution is -0.119. The van der Waals surface area contributed by atoms with Crippen LogP contribution in [-0.4, -0.2) is 10.9 Å². The van der Waals surface area contributed by atoms with Crippen LogP contribution in [0, 0.1) is 16.7 Å². The van der Waals surface area contributed by atoms with E-state index in [0.29, 0.717) is 18.5 Å². The molecule has 19 heavy (non-hydrogen) atoms. The fourth-order valence-corrected chi connectivity index (χ4v) is 2.34. The average molecular weight is 316 g/mol. The first kappa shape index (κ1) is 12.1. The SMILES string of the molecule is N#CC1(C(=O)Nc2cccc3cc(Br)cnc23)CC1. The summed E-state index contributed by atoms with van der Waals surface area (Å²) in [6, 6.07) is 9.62. The Morgan fingerprint density at radius 3 is 2.95 bits per heavy atom. The Morgan fingerprint density at radius 2 is 2.26 bits per heavy atom. The maximum Gasteiger partial charge on any atom is 0.244 e. The fraction of sp³-hybridized carbons (Fsp3) is 0.214. The number of rotatable bonds is 2. The number of fused-ring (bicyclic) bond motifs is 1. The number of hydrogen-bond acceptors (Lipinski definition) is 3. The molecule has 1 heterocycles. The predicted octanol–water partition coefficient (Wildman–Crippen LogP) is 3.24. The van der Waals surface area contributed by atoms with Gasteiger partial charge in [0.25, 0.3) is 0 Å². The molecule has 2 aromatic rings. The van der Waals surface area contributed by atoms with E-state index in [-0.39, 0.29) is 5.91 Å². The molecule has 0 bridgehead atoms. The van der Waals surface area contributed by atoms with Crippen molar-refractivity contribution in [1.82, 2.24) is 4.98 Å². The number of halogens is 1. The Labute approximate surface area is 118 Å². The lowest BCUT2D eigenvalue weighted by atomic mass is 10.1. The second-order valence-corrected chi connectivity index (χ2v) is 5.59. The summed E-state index contributed by atoms with van der Waals surface area (Å²) in [6.07, 6.45) is 2.97. The number of para-hydroxylation sites is 1. The van der Waals surface area contributed by atoms with Gasteiger partial charge in [-0.05, 0) is 40.9 Å². The van der Waals surface area contributed by atoms with E-state index in [9.17, 15) is 4.79 Å². The molecule has 0 aliphatic heterocycles. The highest BCUT2D eigenvalue weighted by molar-refractivity contribution is 9.10. The van der Waals surface area contributed by atoms with Gasteiger partial charge in [0.1, 0.15) is 5.41 Å². The summed E-state index contributed by atoms with van der Waals surface area (Å²) in [5.41, 5.74) is 0.557. The number of carbonyl (C=O) groups excluding carboxylic acids is 1. The summed E-state index contributed by atoms with van der Waals surface area (Å²) >= 11 is 3.37. The van der Waals surface area contributed by atoms with Gasteiger partial charge in [0.15, 0.2) is 0 Å². The molecule has 5 heteroatoms. The Bertz CT molecular complexity index is 716. The second-order valence-electron chi connectivity index (χ2n) is 4.68. The molecule has 1 aromatic heterocycles. The van der Waals surface area contributed by atoms with Crippen molar-refractivity contribution < 1.29 is 4.79 Å². The third-order valence-corrected chi connectivity index (χ3v) is 3.76. The van der Waals surface area contributed by atoms with Crippen molar-refractivity contribution >= 4 is 38.4 Å². The first-order valence-electron chi connectivity index (χ1n) is 5.92. The van der Waals surface area contributed by atoms with Gasteiger partial charge >= 0.3 is 0 Å². The molecular weight excluding hydrogens is 306 g/mol. The van der Waals surface area contributed by atoms with E-state index in [4.69, 9.17) is 5.26 Å². The van der Waals surface area contributed by atoms with Crippen LogP contribution in [0.4, 0.5) is 5.69 Å². The van der Waals surface area contributed by atoms with Crippen molar-refractivity contribution in [2.24, 2.45) is 5.41 Å². The molecule has 0 atom stereocenters. The highest BCUT2D eigenvalue weighted by Crippen LogP contribution is 2.45. The van der Waals surface area contributed by atoms with Gasteiger partial charge in [-0.15, -0.1) is 0 Å². The largest absolute Gasteiger partial charge is 0.323 e. The minimum atomic E-state index is -0.822. The zero-order chi connectivity index (χ0) is 13.5. The third kappa shape index (κ3) is 2.08. The molecule has 1 aromatic carbocycles. The summed E-state index contributed by atoms with van der Waals surface area (Å²) < 4.78 is 0.888. The van der Waals surface area contributed by atoms with Gasteiger partial charge in [0.2, 0.25) is 5.91 Å². The molecule has 1 saturated carbocycles. The maximum atomic E-state index is 12.1. The first-order chi connectivity index (χ1) is 9.14. The molecule has 3 rings (SSSR count). The number of nitrogens with zero attached hydrogens (tertiary/aromatic N) is 2. The van der Waals surface area contributed by atoms with Crippen molar-refractivity contribution in [3.63, 3.8) is 0 Å². The Morgan fingerprint density at radius 1 is 1.47 bits per heavy atom. The van der Waals surface area contributed by atoms with Crippen LogP contribution in [0.25, 0.3) is 10.9 Å². The van der Waals surface area contributed by atoms with Gasteiger partial charge in [0, 0.05) is 16.1 Å². The molecule has 0 radical (unpaired) electrons. The van der Waals surface area contributed by atoms with Crippen LogP contribution in [0.15, 0.2) is 34.9 Å². The number of carbonyl (C=O) groups is 1. The van der Waals surface area contributed by atoms with E-state index >= 15 is 0 Å². The molecule has 1 N–H and O–H groups in total. The standard InChI is InChI=1S/C14H10BrN3O/c15-10-6-9-2-1-3-11(12(9)17-7-10)18-13(19)14(8-16)4-5-14/h1-3,6-7H,4-5H2,(H,18,19). The van der Waals surface area contributed by atoms with Gasteiger partial charge in [0.05, 0.1) is 17.3 Å². The van der Waals surface area contributed by atoms with Crippen molar-refractivity contribution in [3.8, 4) is 6.07 Å². The smallest absolute Gasteiger partial charge is 0.244 e. The summed E-state index contributed by atoms with van der Waals surface area (Å²) in [4.78, 5) is 16.4. The predicted molar refractivity (Wildman–Crippen MR) is 75.4 cm³/mol. The summed E-state index contributed by atoms with van der Waals surface area (Å²) in [5.74, 6) is -0.229. The van der Waals surface area contributed by atoms with E-state index in [0.717, 1.165) is 15.4 Å². The summed E-state index contributed by atoms with van der Waals surface area (Å²) in [5, 5.41) is 12.8. The molecule has 1 aliphatic carbocycles. The Balaban J connectivity index is 1.98. The monoisotopic (exact) mass is 315 g/mol. The lowest BCUT2D eigenvalue weighted by Crippen LogP contribution is -2.22. The number of amides is 1. The van der Waals surface area contributed by atoms with Crippen LogP contribution in [0.1, 0.15) is 12.8 Å². The highest BCUT2D eigenvalue weighted by Gasteiger charge is 2.50. The minimum absolute atomic E-state index is 0.229. The molecule has 0 unspecified atom stereocenters. The third-order valence-electron chi connectivity index (χ3n) is 3.32. The first-order valence-corrected chi connectivity index (χ1v) is 6.71. The quantitative estimate of drug-likeness (QED) is 0.925. The zero-order valence-electron chi connectivity index (χ0n) is 9.98. The lowest BCUT2D eigenvalue weighted by Gasteiger charge is -2.10. The van der Waals surface area contributed by atoms with Crippen molar-refractivity contribution in [2.75, 3.05) is 5.32 Å². The normalized spacial score (nSPS) is 15.8. The van der Waals surface area contributed by atoms with Crippen LogP contribution in [-0.2, 0) is 4.79 Å². The van der Waals surface area contributed by atoms with E-state index in [2.05, 4.69) is 32.3 Å². The number of pyridine rings is 1. The molecule has 1 fully saturated rings. The van der Waals surface area contributed by atoms with Crippen molar-refractivity contribution in [1.29, 1.82) is 5.26 Å². The van der Waals surface area contributed by atoms with Crippen molar-refractivity contribution in [2.45, 2.75) is 12.8 Å². The topological polar surface area (TPSA) is 65.8 Å². The van der Waals surface area contributed by atoms with Gasteiger partial charge in [-0.25, -0.2) is 0 Å². The van der Waals surface area contributed by atoms with E-state index in [1.54, 1.807) is 12.3 Å². The molecule has 94 valence electrons. The summed E-state index contributed by atoms with van der Waals surface area (Å²) in [7, 11) is 0. The molecule has 0 spiro atoms. The second kappa shape index (κ2) is 4.32. The molecule has 1 amide bonds.